The van der Waals surface area contributed by atoms with Crippen molar-refractivity contribution in [2.75, 3.05) is 27.2 Å². The lowest BCUT2D eigenvalue weighted by Gasteiger charge is -2.26. The van der Waals surface area contributed by atoms with Gasteiger partial charge in [-0.2, -0.15) is 0 Å². The van der Waals surface area contributed by atoms with Crippen LogP contribution < -0.4 is 10.6 Å². The topological polar surface area (TPSA) is 44.4 Å². The molecular formula is C14H22ClN3O. The van der Waals surface area contributed by atoms with E-state index in [-0.39, 0.29) is 24.2 Å². The molecule has 0 bridgehead atoms. The molecule has 1 fully saturated rings. The van der Waals surface area contributed by atoms with Gasteiger partial charge in [-0.15, -0.1) is 12.4 Å². The van der Waals surface area contributed by atoms with Gasteiger partial charge < -0.3 is 15.5 Å². The van der Waals surface area contributed by atoms with E-state index in [1.807, 2.05) is 12.1 Å². The molecule has 1 heterocycles. The largest absolute Gasteiger partial charge is 0.352 e. The van der Waals surface area contributed by atoms with E-state index in [4.69, 9.17) is 0 Å². The van der Waals surface area contributed by atoms with E-state index in [9.17, 15) is 4.79 Å². The Balaban J connectivity index is 0.00000180. The lowest BCUT2D eigenvalue weighted by atomic mass is 10.0. The molecule has 1 amide bonds. The Morgan fingerprint density at radius 2 is 1.95 bits per heavy atom. The van der Waals surface area contributed by atoms with E-state index in [2.05, 4.69) is 41.8 Å². The number of benzene rings is 1. The molecule has 1 aliphatic heterocycles. The molecule has 19 heavy (non-hydrogen) atoms. The number of nitrogens with one attached hydrogen (secondary N) is 2. The first-order valence-corrected chi connectivity index (χ1v) is 6.37. The van der Waals surface area contributed by atoms with Crippen molar-refractivity contribution >= 4 is 18.3 Å². The highest BCUT2D eigenvalue weighted by atomic mass is 35.5. The number of hydrogen-bond donors (Lipinski definition) is 2. The Labute approximate surface area is 121 Å². The summed E-state index contributed by atoms with van der Waals surface area (Å²) in [5.41, 5.74) is 2.47. The number of carbonyl (C=O) groups is 1. The van der Waals surface area contributed by atoms with Crippen LogP contribution in [0.4, 0.5) is 0 Å². The summed E-state index contributed by atoms with van der Waals surface area (Å²) in [4.78, 5) is 13.9. The summed E-state index contributed by atoms with van der Waals surface area (Å²) in [6.07, 6.45) is 0. The van der Waals surface area contributed by atoms with Crippen molar-refractivity contribution in [2.24, 2.45) is 5.92 Å². The molecule has 106 valence electrons. The lowest BCUT2D eigenvalue weighted by molar-refractivity contribution is -0.126. The Morgan fingerprint density at radius 1 is 1.32 bits per heavy atom. The van der Waals surface area contributed by atoms with Gasteiger partial charge in [-0.1, -0.05) is 24.3 Å². The molecule has 5 heteroatoms. The normalized spacial score (nSPS) is 14.7. The summed E-state index contributed by atoms with van der Waals surface area (Å²) in [6.45, 7) is 3.15. The van der Waals surface area contributed by atoms with Crippen LogP contribution >= 0.6 is 12.4 Å². The lowest BCUT2D eigenvalue weighted by Crippen LogP contribution is -2.50. The molecule has 0 spiro atoms. The minimum atomic E-state index is 0. The number of nitrogens with zero attached hydrogens (tertiary/aromatic N) is 1. The van der Waals surface area contributed by atoms with Crippen LogP contribution in [0.2, 0.25) is 0 Å². The molecule has 1 aromatic rings. The van der Waals surface area contributed by atoms with Crippen LogP contribution in [-0.4, -0.2) is 38.0 Å². The van der Waals surface area contributed by atoms with Crippen LogP contribution in [0.25, 0.3) is 0 Å². The zero-order valence-corrected chi connectivity index (χ0v) is 12.3. The van der Waals surface area contributed by atoms with Crippen molar-refractivity contribution in [3.8, 4) is 0 Å². The molecule has 4 nitrogen and oxygen atoms in total. The van der Waals surface area contributed by atoms with Crippen LogP contribution in [0.1, 0.15) is 11.1 Å². The number of amides is 1. The van der Waals surface area contributed by atoms with Gasteiger partial charge in [-0.3, -0.25) is 4.79 Å². The molecule has 0 aliphatic carbocycles. The second-order valence-corrected chi connectivity index (χ2v) is 5.08. The van der Waals surface area contributed by atoms with Gasteiger partial charge in [0.25, 0.3) is 0 Å². The van der Waals surface area contributed by atoms with Gasteiger partial charge in [-0.25, -0.2) is 0 Å². The van der Waals surface area contributed by atoms with Gasteiger partial charge in [0.15, 0.2) is 0 Å². The summed E-state index contributed by atoms with van der Waals surface area (Å²) >= 11 is 0. The van der Waals surface area contributed by atoms with E-state index < -0.39 is 0 Å². The monoisotopic (exact) mass is 283 g/mol. The van der Waals surface area contributed by atoms with Crippen LogP contribution in [0.3, 0.4) is 0 Å². The van der Waals surface area contributed by atoms with Crippen molar-refractivity contribution in [3.63, 3.8) is 0 Å². The minimum Gasteiger partial charge on any atom is -0.352 e. The Bertz CT molecular complexity index is 419. The van der Waals surface area contributed by atoms with Crippen molar-refractivity contribution in [1.82, 2.24) is 15.5 Å². The maximum absolute atomic E-state index is 11.8. The molecule has 0 radical (unpaired) electrons. The molecule has 1 aliphatic rings. The zero-order valence-electron chi connectivity index (χ0n) is 11.5. The number of carbonyl (C=O) groups excluding carboxylic acids is 1. The quantitative estimate of drug-likeness (QED) is 0.848. The molecular weight excluding hydrogens is 262 g/mol. The van der Waals surface area contributed by atoms with Gasteiger partial charge in [0.05, 0.1) is 5.92 Å². The molecule has 2 N–H and O–H groups in total. The fourth-order valence-electron chi connectivity index (χ4n) is 2.03. The number of hydrogen-bond acceptors (Lipinski definition) is 3. The second-order valence-electron chi connectivity index (χ2n) is 5.08. The molecule has 1 saturated heterocycles. The standard InChI is InChI=1S/C14H21N3O.ClH/c1-17(2)10-12-6-4-3-5-11(12)9-16-14(18)13-7-15-8-13;/h3-6,13,15H,7-10H2,1-2H3,(H,16,18);1H. The Hall–Kier alpha value is -1.10. The average Bonchev–Trinajstić information content (AvgIpc) is 2.25. The first kappa shape index (κ1) is 16.0. The fraction of sp³-hybridized carbons (Fsp3) is 0.500. The van der Waals surface area contributed by atoms with E-state index in [0.29, 0.717) is 6.54 Å². The zero-order chi connectivity index (χ0) is 13.0. The van der Waals surface area contributed by atoms with Crippen LogP contribution in [0.5, 0.6) is 0 Å². The third-order valence-corrected chi connectivity index (χ3v) is 3.21. The maximum Gasteiger partial charge on any atom is 0.225 e. The smallest absolute Gasteiger partial charge is 0.225 e. The highest BCUT2D eigenvalue weighted by molar-refractivity contribution is 5.85. The fourth-order valence-corrected chi connectivity index (χ4v) is 2.03. The van der Waals surface area contributed by atoms with Crippen molar-refractivity contribution < 1.29 is 4.79 Å². The van der Waals surface area contributed by atoms with E-state index in [1.54, 1.807) is 0 Å². The van der Waals surface area contributed by atoms with Gasteiger partial charge in [0.2, 0.25) is 5.91 Å². The summed E-state index contributed by atoms with van der Waals surface area (Å²) in [5.74, 6) is 0.319. The SMILES string of the molecule is CN(C)Cc1ccccc1CNC(=O)C1CNC1.Cl. The highest BCUT2D eigenvalue weighted by Crippen LogP contribution is 2.11. The Kier molecular flexibility index (Phi) is 6.28. The van der Waals surface area contributed by atoms with Gasteiger partial charge in [0.1, 0.15) is 0 Å². The van der Waals surface area contributed by atoms with E-state index in [0.717, 1.165) is 19.6 Å². The first-order chi connectivity index (χ1) is 8.66. The predicted molar refractivity (Wildman–Crippen MR) is 79.3 cm³/mol. The summed E-state index contributed by atoms with van der Waals surface area (Å²) in [5, 5.41) is 6.13. The third-order valence-electron chi connectivity index (χ3n) is 3.21. The molecule has 0 atom stereocenters. The predicted octanol–water partition coefficient (Wildman–Crippen LogP) is 1.01. The Morgan fingerprint density at radius 3 is 2.47 bits per heavy atom. The van der Waals surface area contributed by atoms with Crippen molar-refractivity contribution in [3.05, 3.63) is 35.4 Å². The van der Waals surface area contributed by atoms with Gasteiger partial charge in [-0.05, 0) is 25.2 Å². The average molecular weight is 284 g/mol. The molecule has 2 rings (SSSR count). The third kappa shape index (κ3) is 4.49. The maximum atomic E-state index is 11.8. The van der Waals surface area contributed by atoms with Crippen molar-refractivity contribution in [2.45, 2.75) is 13.1 Å². The summed E-state index contributed by atoms with van der Waals surface area (Å²) < 4.78 is 0. The second kappa shape index (κ2) is 7.48. The van der Waals surface area contributed by atoms with E-state index in [1.165, 1.54) is 11.1 Å². The van der Waals surface area contributed by atoms with Crippen LogP contribution in [0.15, 0.2) is 24.3 Å². The minimum absolute atomic E-state index is 0. The van der Waals surface area contributed by atoms with Gasteiger partial charge >= 0.3 is 0 Å². The van der Waals surface area contributed by atoms with Crippen molar-refractivity contribution in [1.29, 1.82) is 0 Å². The van der Waals surface area contributed by atoms with Gasteiger partial charge in [0, 0.05) is 26.2 Å². The van der Waals surface area contributed by atoms with E-state index >= 15 is 0 Å². The highest BCUT2D eigenvalue weighted by Gasteiger charge is 2.24. The molecule has 0 saturated carbocycles. The molecule has 0 unspecified atom stereocenters. The number of rotatable bonds is 5. The molecule has 1 aromatic carbocycles. The van der Waals surface area contributed by atoms with Crippen LogP contribution in [0, 0.1) is 5.92 Å². The van der Waals surface area contributed by atoms with Crippen LogP contribution in [-0.2, 0) is 17.9 Å². The first-order valence-electron chi connectivity index (χ1n) is 6.37. The molecule has 0 aromatic heterocycles. The number of halogens is 1. The summed E-state index contributed by atoms with van der Waals surface area (Å²) in [7, 11) is 4.10. The summed E-state index contributed by atoms with van der Waals surface area (Å²) in [6, 6.07) is 8.26.